The highest BCUT2D eigenvalue weighted by atomic mass is 32.2. The SMILES string of the molecule is CNS(=O)(=O)CC1CCCN1c1ccc(C#N)c(C(F)(F)F)c1. The second-order valence-electron chi connectivity index (χ2n) is 5.31. The van der Waals surface area contributed by atoms with Crippen molar-refractivity contribution in [2.24, 2.45) is 0 Å². The van der Waals surface area contributed by atoms with Gasteiger partial charge in [0.05, 0.1) is 22.9 Å². The number of benzene rings is 1. The van der Waals surface area contributed by atoms with Crippen LogP contribution in [0.1, 0.15) is 24.0 Å². The first-order chi connectivity index (χ1) is 10.7. The second kappa shape index (κ2) is 6.37. The highest BCUT2D eigenvalue weighted by Crippen LogP contribution is 2.36. The van der Waals surface area contributed by atoms with E-state index in [0.29, 0.717) is 19.4 Å². The van der Waals surface area contributed by atoms with Gasteiger partial charge >= 0.3 is 6.18 Å². The summed E-state index contributed by atoms with van der Waals surface area (Å²) >= 11 is 0. The van der Waals surface area contributed by atoms with Gasteiger partial charge in [0, 0.05) is 18.3 Å². The summed E-state index contributed by atoms with van der Waals surface area (Å²) in [6.45, 7) is 0.479. The van der Waals surface area contributed by atoms with Crippen LogP contribution in [0.5, 0.6) is 0 Å². The van der Waals surface area contributed by atoms with Crippen molar-refractivity contribution in [2.45, 2.75) is 25.1 Å². The summed E-state index contributed by atoms with van der Waals surface area (Å²) in [6, 6.07) is 4.62. The molecule has 1 aliphatic rings. The van der Waals surface area contributed by atoms with Crippen molar-refractivity contribution in [3.8, 4) is 6.07 Å². The number of rotatable bonds is 4. The zero-order chi connectivity index (χ0) is 17.3. The van der Waals surface area contributed by atoms with Crippen molar-refractivity contribution in [3.05, 3.63) is 29.3 Å². The molecule has 0 bridgehead atoms. The average molecular weight is 347 g/mol. The fourth-order valence-electron chi connectivity index (χ4n) is 2.73. The predicted molar refractivity (Wildman–Crippen MR) is 79.4 cm³/mol. The maximum atomic E-state index is 13.0. The van der Waals surface area contributed by atoms with Crippen molar-refractivity contribution in [1.82, 2.24) is 4.72 Å². The molecule has 2 rings (SSSR count). The van der Waals surface area contributed by atoms with E-state index in [1.165, 1.54) is 19.2 Å². The number of sulfonamides is 1. The maximum Gasteiger partial charge on any atom is 0.417 e. The Morgan fingerprint density at radius 1 is 1.43 bits per heavy atom. The molecule has 126 valence electrons. The Kier molecular flexibility index (Phi) is 4.87. The standard InChI is InChI=1S/C14H16F3N3O2S/c1-19-23(21,22)9-12-3-2-6-20(12)11-5-4-10(8-18)13(7-11)14(15,16)17/h4-5,7,12,19H,2-3,6,9H2,1H3. The molecule has 0 spiro atoms. The number of hydrogen-bond donors (Lipinski definition) is 1. The Labute approximate surface area is 132 Å². The largest absolute Gasteiger partial charge is 0.417 e. The molecule has 1 aliphatic heterocycles. The molecule has 5 nitrogen and oxygen atoms in total. The third kappa shape index (κ3) is 3.95. The molecule has 23 heavy (non-hydrogen) atoms. The van der Waals surface area contributed by atoms with E-state index >= 15 is 0 Å². The summed E-state index contributed by atoms with van der Waals surface area (Å²) in [7, 11) is -2.16. The number of hydrogen-bond acceptors (Lipinski definition) is 4. The fourth-order valence-corrected chi connectivity index (χ4v) is 3.75. The van der Waals surface area contributed by atoms with Crippen LogP contribution in [0.25, 0.3) is 0 Å². The quantitative estimate of drug-likeness (QED) is 0.905. The molecule has 1 aromatic carbocycles. The Bertz CT molecular complexity index is 726. The zero-order valence-electron chi connectivity index (χ0n) is 12.4. The van der Waals surface area contributed by atoms with E-state index in [-0.39, 0.29) is 17.5 Å². The van der Waals surface area contributed by atoms with Gasteiger partial charge in [0.25, 0.3) is 0 Å². The van der Waals surface area contributed by atoms with E-state index < -0.39 is 27.3 Å². The fraction of sp³-hybridized carbons (Fsp3) is 0.500. The molecule has 0 amide bonds. The maximum absolute atomic E-state index is 13.0. The summed E-state index contributed by atoms with van der Waals surface area (Å²) in [4.78, 5) is 1.66. The molecule has 9 heteroatoms. The molecule has 0 aliphatic carbocycles. The predicted octanol–water partition coefficient (Wildman–Crippen LogP) is 2.10. The van der Waals surface area contributed by atoms with E-state index in [0.717, 1.165) is 12.1 Å². The molecular weight excluding hydrogens is 331 g/mol. The highest BCUT2D eigenvalue weighted by molar-refractivity contribution is 7.89. The van der Waals surface area contributed by atoms with Crippen LogP contribution in [0.3, 0.4) is 0 Å². The summed E-state index contributed by atoms with van der Waals surface area (Å²) in [5.74, 6) is -0.176. The summed E-state index contributed by atoms with van der Waals surface area (Å²) in [5, 5.41) is 8.82. The van der Waals surface area contributed by atoms with Gasteiger partial charge in [-0.2, -0.15) is 18.4 Å². The van der Waals surface area contributed by atoms with E-state index in [1.54, 1.807) is 4.90 Å². The molecule has 1 unspecified atom stereocenters. The molecule has 1 aromatic rings. The van der Waals surface area contributed by atoms with Crippen molar-refractivity contribution in [3.63, 3.8) is 0 Å². The van der Waals surface area contributed by atoms with Crippen LogP contribution in [-0.4, -0.2) is 33.8 Å². The topological polar surface area (TPSA) is 73.2 Å². The molecule has 1 N–H and O–H groups in total. The van der Waals surface area contributed by atoms with Crippen LogP contribution in [0.4, 0.5) is 18.9 Å². The van der Waals surface area contributed by atoms with Crippen molar-refractivity contribution in [2.75, 3.05) is 24.2 Å². The number of nitrogens with zero attached hydrogens (tertiary/aromatic N) is 2. The Morgan fingerprint density at radius 3 is 2.70 bits per heavy atom. The number of nitriles is 1. The van der Waals surface area contributed by atoms with Crippen molar-refractivity contribution < 1.29 is 21.6 Å². The third-order valence-electron chi connectivity index (χ3n) is 3.86. The molecular formula is C14H16F3N3O2S. The van der Waals surface area contributed by atoms with Gasteiger partial charge in [-0.05, 0) is 38.1 Å². The monoisotopic (exact) mass is 347 g/mol. The third-order valence-corrected chi connectivity index (χ3v) is 5.31. The van der Waals surface area contributed by atoms with E-state index in [2.05, 4.69) is 4.72 Å². The van der Waals surface area contributed by atoms with Crippen LogP contribution in [0, 0.1) is 11.3 Å². The molecule has 0 radical (unpaired) electrons. The highest BCUT2D eigenvalue weighted by Gasteiger charge is 2.35. The molecule has 1 saturated heterocycles. The summed E-state index contributed by atoms with van der Waals surface area (Å²) in [6.07, 6.45) is -3.35. The normalized spacial score (nSPS) is 18.9. The number of halogens is 3. The molecule has 0 aromatic heterocycles. The van der Waals surface area contributed by atoms with Crippen molar-refractivity contribution in [1.29, 1.82) is 5.26 Å². The molecule has 0 saturated carbocycles. The van der Waals surface area contributed by atoms with Gasteiger partial charge in [-0.15, -0.1) is 0 Å². The molecule has 1 atom stereocenters. The minimum atomic E-state index is -4.63. The minimum absolute atomic E-state index is 0.176. The second-order valence-corrected chi connectivity index (χ2v) is 7.29. The lowest BCUT2D eigenvalue weighted by Gasteiger charge is -2.27. The lowest BCUT2D eigenvalue weighted by molar-refractivity contribution is -0.137. The number of alkyl halides is 3. The Hall–Kier alpha value is -1.79. The lowest BCUT2D eigenvalue weighted by Crippen LogP contribution is -2.38. The zero-order valence-corrected chi connectivity index (χ0v) is 13.2. The van der Waals surface area contributed by atoms with E-state index in [1.807, 2.05) is 0 Å². The van der Waals surface area contributed by atoms with E-state index in [4.69, 9.17) is 5.26 Å². The van der Waals surface area contributed by atoms with Gasteiger partial charge in [-0.25, -0.2) is 13.1 Å². The Morgan fingerprint density at radius 2 is 2.13 bits per heavy atom. The van der Waals surface area contributed by atoms with Crippen molar-refractivity contribution >= 4 is 15.7 Å². The smallest absolute Gasteiger partial charge is 0.367 e. The summed E-state index contributed by atoms with van der Waals surface area (Å²) in [5.41, 5.74) is -1.16. The molecule has 1 fully saturated rings. The van der Waals surface area contributed by atoms with E-state index in [9.17, 15) is 21.6 Å². The van der Waals surface area contributed by atoms with Crippen LogP contribution < -0.4 is 9.62 Å². The van der Waals surface area contributed by atoms with Crippen LogP contribution in [0.15, 0.2) is 18.2 Å². The summed E-state index contributed by atoms with van der Waals surface area (Å²) < 4.78 is 64.8. The lowest BCUT2D eigenvalue weighted by atomic mass is 10.1. The van der Waals surface area contributed by atoms with Crippen LogP contribution in [-0.2, 0) is 16.2 Å². The van der Waals surface area contributed by atoms with Gasteiger partial charge in [-0.1, -0.05) is 0 Å². The number of anilines is 1. The Balaban J connectivity index is 2.36. The van der Waals surface area contributed by atoms with Gasteiger partial charge in [-0.3, -0.25) is 0 Å². The van der Waals surface area contributed by atoms with Gasteiger partial charge in [0.1, 0.15) is 0 Å². The average Bonchev–Trinajstić information content (AvgIpc) is 2.93. The first-order valence-electron chi connectivity index (χ1n) is 6.97. The first kappa shape index (κ1) is 17.6. The van der Waals surface area contributed by atoms with Gasteiger partial charge in [0.15, 0.2) is 0 Å². The minimum Gasteiger partial charge on any atom is -0.367 e. The van der Waals surface area contributed by atoms with Gasteiger partial charge < -0.3 is 4.90 Å². The molecule has 1 heterocycles. The van der Waals surface area contributed by atoms with Gasteiger partial charge in [0.2, 0.25) is 10.0 Å². The van der Waals surface area contributed by atoms with Crippen LogP contribution >= 0.6 is 0 Å². The number of nitrogens with one attached hydrogen (secondary N) is 1. The first-order valence-corrected chi connectivity index (χ1v) is 8.62. The van der Waals surface area contributed by atoms with Crippen LogP contribution in [0.2, 0.25) is 0 Å².